The van der Waals surface area contributed by atoms with E-state index in [2.05, 4.69) is 5.32 Å². The molecule has 0 fully saturated rings. The largest absolute Gasteiger partial charge is 0.497 e. The number of anilines is 1. The zero-order valence-electron chi connectivity index (χ0n) is 22.3. The maximum absolute atomic E-state index is 14.0. The lowest BCUT2D eigenvalue weighted by Crippen LogP contribution is -2.53. The van der Waals surface area contributed by atoms with Crippen molar-refractivity contribution in [2.75, 3.05) is 30.8 Å². The van der Waals surface area contributed by atoms with Gasteiger partial charge < -0.3 is 15.0 Å². The van der Waals surface area contributed by atoms with E-state index >= 15 is 0 Å². The first-order valence-corrected chi connectivity index (χ1v) is 14.3. The molecule has 1 atom stereocenters. The molecule has 0 unspecified atom stereocenters. The average molecular weight is 538 g/mol. The molecule has 0 saturated carbocycles. The number of sulfonamides is 1. The van der Waals surface area contributed by atoms with Crippen LogP contribution in [0.15, 0.2) is 78.9 Å². The minimum absolute atomic E-state index is 0.0933. The highest BCUT2D eigenvalue weighted by Gasteiger charge is 2.33. The van der Waals surface area contributed by atoms with Gasteiger partial charge in [-0.15, -0.1) is 0 Å². The van der Waals surface area contributed by atoms with E-state index in [-0.39, 0.29) is 18.9 Å². The van der Waals surface area contributed by atoms with Crippen LogP contribution in [0.2, 0.25) is 0 Å². The molecule has 3 rings (SSSR count). The van der Waals surface area contributed by atoms with E-state index in [1.54, 1.807) is 50.4 Å². The lowest BCUT2D eigenvalue weighted by molar-refractivity contribution is -0.140. The molecule has 202 valence electrons. The van der Waals surface area contributed by atoms with Gasteiger partial charge in [-0.2, -0.15) is 0 Å². The molecule has 0 aliphatic rings. The van der Waals surface area contributed by atoms with Crippen molar-refractivity contribution in [3.63, 3.8) is 0 Å². The van der Waals surface area contributed by atoms with Crippen molar-refractivity contribution in [2.45, 2.75) is 32.9 Å². The third kappa shape index (κ3) is 7.58. The number of ether oxygens (including phenoxy) is 1. The number of hydrogen-bond acceptors (Lipinski definition) is 5. The second-order valence-electron chi connectivity index (χ2n) is 9.03. The third-order valence-electron chi connectivity index (χ3n) is 6.17. The van der Waals surface area contributed by atoms with Crippen LogP contribution in [0, 0.1) is 6.92 Å². The summed E-state index contributed by atoms with van der Waals surface area (Å²) in [5.74, 6) is -0.187. The molecule has 0 radical (unpaired) electrons. The third-order valence-corrected chi connectivity index (χ3v) is 7.30. The normalized spacial score (nSPS) is 11.9. The van der Waals surface area contributed by atoms with Crippen molar-refractivity contribution in [1.82, 2.24) is 10.2 Å². The standard InChI is InChI=1S/C29H35N3O5S/c1-5-30-29(34)27(19-23-13-7-6-8-14-23)31(20-24-15-11-16-25(18-24)37-3)28(33)21-32(38(4,35)36)26-17-10-9-12-22(26)2/h6-18,27H,5,19-21H2,1-4H3,(H,30,34)/t27-/m1/s1. The minimum Gasteiger partial charge on any atom is -0.497 e. The fraction of sp³-hybridized carbons (Fsp3) is 0.310. The number of nitrogens with one attached hydrogen (secondary N) is 1. The van der Waals surface area contributed by atoms with Crippen molar-refractivity contribution < 1.29 is 22.7 Å². The van der Waals surface area contributed by atoms with Gasteiger partial charge in [0.2, 0.25) is 21.8 Å². The first-order chi connectivity index (χ1) is 18.1. The summed E-state index contributed by atoms with van der Waals surface area (Å²) in [6.45, 7) is 3.65. The second-order valence-corrected chi connectivity index (χ2v) is 10.9. The van der Waals surface area contributed by atoms with Crippen LogP contribution in [0.3, 0.4) is 0 Å². The van der Waals surface area contributed by atoms with Gasteiger partial charge in [-0.25, -0.2) is 8.42 Å². The van der Waals surface area contributed by atoms with Crippen LogP contribution in [0.25, 0.3) is 0 Å². The highest BCUT2D eigenvalue weighted by molar-refractivity contribution is 7.92. The van der Waals surface area contributed by atoms with Gasteiger partial charge in [-0.05, 0) is 48.7 Å². The van der Waals surface area contributed by atoms with Gasteiger partial charge in [-0.3, -0.25) is 13.9 Å². The van der Waals surface area contributed by atoms with E-state index in [1.165, 1.54) is 4.90 Å². The van der Waals surface area contributed by atoms with Gasteiger partial charge in [0.25, 0.3) is 0 Å². The molecule has 0 saturated heterocycles. The van der Waals surface area contributed by atoms with E-state index in [4.69, 9.17) is 4.74 Å². The summed E-state index contributed by atoms with van der Waals surface area (Å²) in [6.07, 6.45) is 1.34. The topological polar surface area (TPSA) is 96.0 Å². The van der Waals surface area contributed by atoms with Crippen LogP contribution < -0.4 is 14.4 Å². The molecule has 9 heteroatoms. The minimum atomic E-state index is -3.80. The molecule has 0 bridgehead atoms. The van der Waals surface area contributed by atoms with Crippen LogP contribution in [-0.4, -0.2) is 57.6 Å². The van der Waals surface area contributed by atoms with Crippen LogP contribution in [-0.2, 0) is 32.6 Å². The summed E-state index contributed by atoms with van der Waals surface area (Å²) in [5.41, 5.74) is 2.77. The molecular formula is C29H35N3O5S. The zero-order valence-corrected chi connectivity index (χ0v) is 23.1. The van der Waals surface area contributed by atoms with Gasteiger partial charge >= 0.3 is 0 Å². The molecule has 38 heavy (non-hydrogen) atoms. The highest BCUT2D eigenvalue weighted by atomic mass is 32.2. The van der Waals surface area contributed by atoms with Crippen LogP contribution in [0.1, 0.15) is 23.6 Å². The number of carbonyl (C=O) groups is 2. The Morgan fingerprint density at radius 3 is 2.24 bits per heavy atom. The number of likely N-dealkylation sites (N-methyl/N-ethyl adjacent to an activating group) is 1. The summed E-state index contributed by atoms with van der Waals surface area (Å²) >= 11 is 0. The monoisotopic (exact) mass is 537 g/mol. The maximum Gasteiger partial charge on any atom is 0.244 e. The summed E-state index contributed by atoms with van der Waals surface area (Å²) in [6, 6.07) is 22.8. The maximum atomic E-state index is 14.0. The number of rotatable bonds is 12. The van der Waals surface area contributed by atoms with Crippen LogP contribution in [0.4, 0.5) is 5.69 Å². The van der Waals surface area contributed by atoms with Crippen molar-refractivity contribution >= 4 is 27.5 Å². The summed E-state index contributed by atoms with van der Waals surface area (Å²) in [7, 11) is -2.25. The van der Waals surface area contributed by atoms with Crippen LogP contribution >= 0.6 is 0 Å². The number of para-hydroxylation sites is 1. The van der Waals surface area contributed by atoms with E-state index in [9.17, 15) is 18.0 Å². The summed E-state index contributed by atoms with van der Waals surface area (Å²) in [4.78, 5) is 28.8. The Bertz CT molecular complexity index is 1350. The average Bonchev–Trinajstić information content (AvgIpc) is 2.90. The fourth-order valence-corrected chi connectivity index (χ4v) is 5.16. The number of nitrogens with zero attached hydrogens (tertiary/aromatic N) is 2. The van der Waals surface area contributed by atoms with Crippen LogP contribution in [0.5, 0.6) is 5.75 Å². The Morgan fingerprint density at radius 1 is 0.947 bits per heavy atom. The highest BCUT2D eigenvalue weighted by Crippen LogP contribution is 2.24. The Kier molecular flexibility index (Phi) is 9.90. The van der Waals surface area contributed by atoms with Crippen molar-refractivity contribution in [1.29, 1.82) is 0 Å². The number of hydrogen-bond donors (Lipinski definition) is 1. The Morgan fingerprint density at radius 2 is 1.61 bits per heavy atom. The van der Waals surface area contributed by atoms with Gasteiger partial charge in [0.05, 0.1) is 19.1 Å². The molecule has 2 amide bonds. The number of benzene rings is 3. The Hall–Kier alpha value is -3.85. The quantitative estimate of drug-likeness (QED) is 0.381. The Labute approximate surface area is 225 Å². The number of aryl methyl sites for hydroxylation is 1. The van der Waals surface area contributed by atoms with E-state index in [0.717, 1.165) is 27.3 Å². The molecule has 0 spiro atoms. The van der Waals surface area contributed by atoms with Gasteiger partial charge in [0.15, 0.2) is 0 Å². The first-order valence-electron chi connectivity index (χ1n) is 12.4. The molecule has 0 heterocycles. The molecule has 0 aromatic heterocycles. The number of amides is 2. The van der Waals surface area contributed by atoms with Gasteiger partial charge in [0, 0.05) is 19.5 Å². The first kappa shape index (κ1) is 28.7. The lowest BCUT2D eigenvalue weighted by Gasteiger charge is -2.33. The number of carbonyl (C=O) groups excluding carboxylic acids is 2. The fourth-order valence-electron chi connectivity index (χ4n) is 4.25. The van der Waals surface area contributed by atoms with Crippen molar-refractivity contribution in [3.05, 3.63) is 95.6 Å². The second kappa shape index (κ2) is 13.1. The molecule has 8 nitrogen and oxygen atoms in total. The Balaban J connectivity index is 2.06. The molecule has 0 aliphatic carbocycles. The predicted molar refractivity (Wildman–Crippen MR) is 150 cm³/mol. The zero-order chi connectivity index (χ0) is 27.7. The van der Waals surface area contributed by atoms with Crippen molar-refractivity contribution in [3.8, 4) is 5.75 Å². The van der Waals surface area contributed by atoms with Gasteiger partial charge in [0.1, 0.15) is 18.3 Å². The lowest BCUT2D eigenvalue weighted by atomic mass is 10.0. The van der Waals surface area contributed by atoms with E-state index < -0.39 is 28.5 Å². The molecule has 3 aromatic carbocycles. The summed E-state index contributed by atoms with van der Waals surface area (Å²) in [5, 5.41) is 2.84. The van der Waals surface area contributed by atoms with Gasteiger partial charge in [-0.1, -0.05) is 60.7 Å². The molecule has 0 aliphatic heterocycles. The SMILES string of the molecule is CCNC(=O)[C@@H](Cc1ccccc1)N(Cc1cccc(OC)c1)C(=O)CN(c1ccccc1C)S(C)(=O)=O. The smallest absolute Gasteiger partial charge is 0.244 e. The molecule has 1 N–H and O–H groups in total. The molecular weight excluding hydrogens is 502 g/mol. The molecule has 3 aromatic rings. The van der Waals surface area contributed by atoms with Crippen molar-refractivity contribution in [2.24, 2.45) is 0 Å². The van der Waals surface area contributed by atoms with E-state index in [1.807, 2.05) is 49.4 Å². The van der Waals surface area contributed by atoms with E-state index in [0.29, 0.717) is 18.0 Å². The predicted octanol–water partition coefficient (Wildman–Crippen LogP) is 3.55. The number of methoxy groups -OCH3 is 1. The summed E-state index contributed by atoms with van der Waals surface area (Å²) < 4.78 is 32.1.